The fourth-order valence-electron chi connectivity index (χ4n) is 2.31. The topological polar surface area (TPSA) is 47.3 Å². The summed E-state index contributed by atoms with van der Waals surface area (Å²) in [5.41, 5.74) is 6.44. The number of nitrogens with one attached hydrogen (secondary N) is 1. The summed E-state index contributed by atoms with van der Waals surface area (Å²) in [6.07, 6.45) is 0. The molecule has 0 aliphatic carbocycles. The highest BCUT2D eigenvalue weighted by Gasteiger charge is 2.16. The lowest BCUT2D eigenvalue weighted by Gasteiger charge is -2.20. The van der Waals surface area contributed by atoms with E-state index >= 15 is 0 Å². The van der Waals surface area contributed by atoms with E-state index in [2.05, 4.69) is 5.43 Å². The predicted octanol–water partition coefficient (Wildman–Crippen LogP) is 3.00. The quantitative estimate of drug-likeness (QED) is 0.665. The number of methoxy groups -OCH3 is 1. The summed E-state index contributed by atoms with van der Waals surface area (Å²) in [5, 5.41) is 0. The highest BCUT2D eigenvalue weighted by atomic mass is 19.1. The maximum absolute atomic E-state index is 13.4. The number of aryl methyl sites for hydroxylation is 2. The van der Waals surface area contributed by atoms with Crippen LogP contribution in [0.4, 0.5) is 4.39 Å². The van der Waals surface area contributed by atoms with E-state index in [1.54, 1.807) is 20.1 Å². The second-order valence-electron chi connectivity index (χ2n) is 4.83. The number of halogens is 1. The average Bonchev–Trinajstić information content (AvgIpc) is 2.45. The lowest BCUT2D eigenvalue weighted by Crippen LogP contribution is -2.29. The lowest BCUT2D eigenvalue weighted by molar-refractivity contribution is 0.414. The number of nitrogens with two attached hydrogens (primary N) is 1. The average molecular weight is 274 g/mol. The van der Waals surface area contributed by atoms with E-state index in [0.717, 1.165) is 22.4 Å². The molecule has 0 aromatic heterocycles. The molecule has 2 aromatic rings. The molecular formula is C16H19FN2O. The molecule has 0 aliphatic rings. The van der Waals surface area contributed by atoms with Crippen molar-refractivity contribution in [2.24, 2.45) is 5.84 Å². The van der Waals surface area contributed by atoms with Gasteiger partial charge in [-0.15, -0.1) is 0 Å². The highest BCUT2D eigenvalue weighted by Crippen LogP contribution is 2.28. The van der Waals surface area contributed by atoms with Crippen LogP contribution in [0.3, 0.4) is 0 Å². The van der Waals surface area contributed by atoms with Gasteiger partial charge in [0.15, 0.2) is 0 Å². The second-order valence-corrected chi connectivity index (χ2v) is 4.83. The van der Waals surface area contributed by atoms with Crippen LogP contribution in [-0.2, 0) is 0 Å². The minimum atomic E-state index is -0.212. The molecule has 3 N–H and O–H groups in total. The summed E-state index contributed by atoms with van der Waals surface area (Å²) in [6, 6.07) is 10.7. The molecule has 0 bridgehead atoms. The van der Waals surface area contributed by atoms with E-state index in [1.165, 1.54) is 6.07 Å². The molecule has 106 valence electrons. The Balaban J connectivity index is 2.43. The predicted molar refractivity (Wildman–Crippen MR) is 78.0 cm³/mol. The van der Waals surface area contributed by atoms with Gasteiger partial charge in [-0.25, -0.2) is 9.82 Å². The van der Waals surface area contributed by atoms with E-state index in [-0.39, 0.29) is 11.9 Å². The Morgan fingerprint density at radius 2 is 1.85 bits per heavy atom. The fourth-order valence-corrected chi connectivity index (χ4v) is 2.31. The van der Waals surface area contributed by atoms with Gasteiger partial charge in [0.05, 0.1) is 13.2 Å². The van der Waals surface area contributed by atoms with Gasteiger partial charge in [-0.1, -0.05) is 18.2 Å². The first-order valence-corrected chi connectivity index (χ1v) is 6.43. The first-order chi connectivity index (χ1) is 9.56. The minimum Gasteiger partial charge on any atom is -0.497 e. The van der Waals surface area contributed by atoms with Crippen molar-refractivity contribution in [3.63, 3.8) is 0 Å². The smallest absolute Gasteiger partial charge is 0.126 e. The van der Waals surface area contributed by atoms with Crippen LogP contribution in [0.2, 0.25) is 0 Å². The highest BCUT2D eigenvalue weighted by molar-refractivity contribution is 5.42. The van der Waals surface area contributed by atoms with Gasteiger partial charge in [0.25, 0.3) is 0 Å². The third-order valence-electron chi connectivity index (χ3n) is 3.47. The summed E-state index contributed by atoms with van der Waals surface area (Å²) >= 11 is 0. The van der Waals surface area contributed by atoms with E-state index in [1.807, 2.05) is 31.2 Å². The lowest BCUT2D eigenvalue weighted by atomic mass is 9.94. The zero-order valence-electron chi connectivity index (χ0n) is 11.9. The molecule has 3 nitrogen and oxygen atoms in total. The van der Waals surface area contributed by atoms with E-state index < -0.39 is 0 Å². The molecule has 0 amide bonds. The molecule has 2 rings (SSSR count). The molecule has 2 aromatic carbocycles. The summed E-state index contributed by atoms with van der Waals surface area (Å²) in [5.74, 6) is 6.28. The Morgan fingerprint density at radius 1 is 1.10 bits per heavy atom. The molecule has 20 heavy (non-hydrogen) atoms. The summed E-state index contributed by atoms with van der Waals surface area (Å²) in [6.45, 7) is 3.74. The standard InChI is InChI=1S/C16H19FN2O/c1-10-9-13(20-3)5-6-14(10)16(19-18)12-4-7-15(17)11(2)8-12/h4-9,16,19H,18H2,1-3H3. The maximum atomic E-state index is 13.4. The van der Waals surface area contributed by atoms with Crippen LogP contribution in [0.1, 0.15) is 28.3 Å². The number of hydrogen-bond acceptors (Lipinski definition) is 3. The van der Waals surface area contributed by atoms with Crippen LogP contribution in [-0.4, -0.2) is 7.11 Å². The van der Waals surface area contributed by atoms with Gasteiger partial charge < -0.3 is 4.74 Å². The minimum absolute atomic E-state index is 0.180. The number of benzene rings is 2. The normalized spacial score (nSPS) is 12.2. The van der Waals surface area contributed by atoms with Crippen LogP contribution in [0.25, 0.3) is 0 Å². The van der Waals surface area contributed by atoms with Gasteiger partial charge in [-0.05, 0) is 54.3 Å². The third kappa shape index (κ3) is 2.81. The molecule has 0 spiro atoms. The van der Waals surface area contributed by atoms with Crippen molar-refractivity contribution in [2.75, 3.05) is 7.11 Å². The number of ether oxygens (including phenoxy) is 1. The Bertz CT molecular complexity index is 613. The molecule has 1 unspecified atom stereocenters. The van der Waals surface area contributed by atoms with Gasteiger partial charge in [0, 0.05) is 0 Å². The molecule has 1 atom stereocenters. The van der Waals surface area contributed by atoms with Crippen molar-refractivity contribution in [3.8, 4) is 5.75 Å². The van der Waals surface area contributed by atoms with Crippen molar-refractivity contribution in [1.82, 2.24) is 5.43 Å². The number of hydrazine groups is 1. The van der Waals surface area contributed by atoms with Gasteiger partial charge >= 0.3 is 0 Å². The molecule has 0 heterocycles. The van der Waals surface area contributed by atoms with Gasteiger partial charge in [0.1, 0.15) is 11.6 Å². The van der Waals surface area contributed by atoms with Gasteiger partial charge in [0.2, 0.25) is 0 Å². The van der Waals surface area contributed by atoms with Crippen molar-refractivity contribution >= 4 is 0 Å². The van der Waals surface area contributed by atoms with Crippen LogP contribution in [0, 0.1) is 19.7 Å². The van der Waals surface area contributed by atoms with E-state index in [0.29, 0.717) is 5.56 Å². The van der Waals surface area contributed by atoms with E-state index in [9.17, 15) is 4.39 Å². The molecule has 0 saturated carbocycles. The SMILES string of the molecule is COc1ccc(C(NN)c2ccc(F)c(C)c2)c(C)c1. The Morgan fingerprint density at radius 3 is 2.40 bits per heavy atom. The molecule has 0 aliphatic heterocycles. The zero-order chi connectivity index (χ0) is 14.7. The van der Waals surface area contributed by atoms with Crippen molar-refractivity contribution < 1.29 is 9.13 Å². The third-order valence-corrected chi connectivity index (χ3v) is 3.47. The Kier molecular flexibility index (Phi) is 4.37. The van der Waals surface area contributed by atoms with Crippen molar-refractivity contribution in [3.05, 3.63) is 64.5 Å². The van der Waals surface area contributed by atoms with Gasteiger partial charge in [-0.3, -0.25) is 5.84 Å². The molecule has 4 heteroatoms. The Labute approximate surface area is 118 Å². The molecule has 0 fully saturated rings. The van der Waals surface area contributed by atoms with Crippen LogP contribution in [0.15, 0.2) is 36.4 Å². The molecule has 0 saturated heterocycles. The first kappa shape index (κ1) is 14.5. The van der Waals surface area contributed by atoms with Crippen molar-refractivity contribution in [2.45, 2.75) is 19.9 Å². The number of hydrogen-bond donors (Lipinski definition) is 2. The maximum Gasteiger partial charge on any atom is 0.126 e. The summed E-state index contributed by atoms with van der Waals surface area (Å²) < 4.78 is 18.6. The first-order valence-electron chi connectivity index (χ1n) is 6.43. The summed E-state index contributed by atoms with van der Waals surface area (Å²) in [7, 11) is 1.64. The van der Waals surface area contributed by atoms with Crippen LogP contribution < -0.4 is 16.0 Å². The number of rotatable bonds is 4. The zero-order valence-corrected chi connectivity index (χ0v) is 11.9. The monoisotopic (exact) mass is 274 g/mol. The van der Waals surface area contributed by atoms with Crippen LogP contribution >= 0.6 is 0 Å². The van der Waals surface area contributed by atoms with Crippen molar-refractivity contribution in [1.29, 1.82) is 0 Å². The van der Waals surface area contributed by atoms with Crippen LogP contribution in [0.5, 0.6) is 5.75 Å². The Hall–Kier alpha value is -1.91. The second kappa shape index (κ2) is 6.03. The fraction of sp³-hybridized carbons (Fsp3) is 0.250. The van der Waals surface area contributed by atoms with Gasteiger partial charge in [-0.2, -0.15) is 0 Å². The van der Waals surface area contributed by atoms with E-state index in [4.69, 9.17) is 10.6 Å². The molecular weight excluding hydrogens is 255 g/mol. The molecule has 0 radical (unpaired) electrons. The largest absolute Gasteiger partial charge is 0.497 e. The summed E-state index contributed by atoms with van der Waals surface area (Å²) in [4.78, 5) is 0.